The Bertz CT molecular complexity index is 1400. The zero-order valence-corrected chi connectivity index (χ0v) is 20.8. The third kappa shape index (κ3) is 5.49. The minimum absolute atomic E-state index is 0.0627. The number of carboxylic acids is 2. The molecule has 0 spiro atoms. The fourth-order valence-electron chi connectivity index (χ4n) is 4.77. The van der Waals surface area contributed by atoms with Crippen molar-refractivity contribution in [1.29, 1.82) is 0 Å². The fraction of sp³-hybridized carbons (Fsp3) is 0.241. The molecule has 0 radical (unpaired) electrons. The molecular formula is C29H28N4O5. The SMILES string of the molecule is O=C(O)C=C(C(=O)O)c1ccc2c(n1)N(CCCN1CCOCC1)c1ccccc1C(c1ccccc1)=N2. The van der Waals surface area contributed by atoms with E-state index in [0.29, 0.717) is 24.1 Å². The van der Waals surface area contributed by atoms with Gasteiger partial charge in [0.25, 0.3) is 0 Å². The molecule has 2 aliphatic rings. The van der Waals surface area contributed by atoms with Crippen LogP contribution in [0.2, 0.25) is 0 Å². The Morgan fingerprint density at radius 1 is 0.921 bits per heavy atom. The zero-order chi connectivity index (χ0) is 26.5. The van der Waals surface area contributed by atoms with E-state index in [1.54, 1.807) is 6.07 Å². The molecule has 9 heteroatoms. The second kappa shape index (κ2) is 11.4. The highest BCUT2D eigenvalue weighted by Crippen LogP contribution is 2.40. The molecule has 1 saturated heterocycles. The number of hydrogen-bond acceptors (Lipinski definition) is 7. The van der Waals surface area contributed by atoms with Crippen molar-refractivity contribution in [3.63, 3.8) is 0 Å². The van der Waals surface area contributed by atoms with E-state index in [1.165, 1.54) is 6.07 Å². The summed E-state index contributed by atoms with van der Waals surface area (Å²) in [6.07, 6.45) is 1.50. The normalized spacial score (nSPS) is 15.7. The van der Waals surface area contributed by atoms with Gasteiger partial charge in [-0.05, 0) is 24.6 Å². The number of morpholine rings is 1. The molecule has 194 valence electrons. The van der Waals surface area contributed by atoms with E-state index in [9.17, 15) is 19.8 Å². The van der Waals surface area contributed by atoms with Crippen LogP contribution in [0, 0.1) is 0 Å². The first kappa shape index (κ1) is 25.3. The van der Waals surface area contributed by atoms with Crippen LogP contribution in [0.5, 0.6) is 0 Å². The summed E-state index contributed by atoms with van der Waals surface area (Å²) in [4.78, 5) is 37.4. The molecule has 2 aromatic carbocycles. The number of aliphatic imine (C=N–C) groups is 1. The highest BCUT2D eigenvalue weighted by molar-refractivity contribution is 6.20. The fourth-order valence-corrected chi connectivity index (χ4v) is 4.77. The molecule has 2 N–H and O–H groups in total. The maximum atomic E-state index is 11.9. The number of ether oxygens (including phenoxy) is 1. The predicted octanol–water partition coefficient (Wildman–Crippen LogP) is 3.98. The molecule has 0 saturated carbocycles. The molecule has 0 aliphatic carbocycles. The van der Waals surface area contributed by atoms with Gasteiger partial charge in [0.05, 0.1) is 35.9 Å². The van der Waals surface area contributed by atoms with E-state index in [0.717, 1.165) is 61.8 Å². The molecule has 2 aliphatic heterocycles. The van der Waals surface area contributed by atoms with Crippen molar-refractivity contribution in [2.24, 2.45) is 4.99 Å². The predicted molar refractivity (Wildman–Crippen MR) is 145 cm³/mol. The minimum Gasteiger partial charge on any atom is -0.478 e. The third-order valence-electron chi connectivity index (χ3n) is 6.57. The number of carboxylic acid groups (broad SMARTS) is 2. The van der Waals surface area contributed by atoms with E-state index in [4.69, 9.17) is 14.7 Å². The number of rotatable bonds is 8. The molecule has 1 fully saturated rings. The van der Waals surface area contributed by atoms with Crippen LogP contribution in [0.3, 0.4) is 0 Å². The van der Waals surface area contributed by atoms with Crippen LogP contribution in [0.15, 0.2) is 77.8 Å². The lowest BCUT2D eigenvalue weighted by atomic mass is 10.00. The van der Waals surface area contributed by atoms with Crippen molar-refractivity contribution in [3.05, 3.63) is 89.6 Å². The van der Waals surface area contributed by atoms with Crippen molar-refractivity contribution in [2.75, 3.05) is 44.3 Å². The average Bonchev–Trinajstić information content (AvgIpc) is 3.07. The molecule has 3 heterocycles. The highest BCUT2D eigenvalue weighted by Gasteiger charge is 2.26. The van der Waals surface area contributed by atoms with E-state index < -0.39 is 17.5 Å². The minimum atomic E-state index is -1.36. The van der Waals surface area contributed by atoms with Gasteiger partial charge in [-0.2, -0.15) is 0 Å². The van der Waals surface area contributed by atoms with Gasteiger partial charge in [-0.25, -0.2) is 19.6 Å². The van der Waals surface area contributed by atoms with Gasteiger partial charge in [-0.1, -0.05) is 48.5 Å². The Morgan fingerprint density at radius 3 is 2.39 bits per heavy atom. The van der Waals surface area contributed by atoms with Crippen molar-refractivity contribution in [2.45, 2.75) is 6.42 Å². The maximum absolute atomic E-state index is 11.9. The molecule has 1 aromatic heterocycles. The average molecular weight is 513 g/mol. The Balaban J connectivity index is 1.62. The number of fused-ring (bicyclic) bond motifs is 2. The van der Waals surface area contributed by atoms with Gasteiger partial charge in [0, 0.05) is 43.4 Å². The van der Waals surface area contributed by atoms with E-state index in [2.05, 4.69) is 9.80 Å². The maximum Gasteiger partial charge on any atom is 0.338 e. The largest absolute Gasteiger partial charge is 0.478 e. The van der Waals surface area contributed by atoms with Crippen LogP contribution >= 0.6 is 0 Å². The van der Waals surface area contributed by atoms with Crippen LogP contribution < -0.4 is 4.90 Å². The Hall–Kier alpha value is -4.34. The molecule has 0 atom stereocenters. The van der Waals surface area contributed by atoms with Gasteiger partial charge in [0.1, 0.15) is 5.69 Å². The number of hydrogen-bond donors (Lipinski definition) is 2. The van der Waals surface area contributed by atoms with Gasteiger partial charge < -0.3 is 19.8 Å². The Morgan fingerprint density at radius 2 is 1.66 bits per heavy atom. The van der Waals surface area contributed by atoms with Crippen molar-refractivity contribution in [1.82, 2.24) is 9.88 Å². The quantitative estimate of drug-likeness (QED) is 0.436. The zero-order valence-electron chi connectivity index (χ0n) is 20.8. The Kier molecular flexibility index (Phi) is 7.57. The summed E-state index contributed by atoms with van der Waals surface area (Å²) >= 11 is 0. The van der Waals surface area contributed by atoms with Crippen LogP contribution in [-0.4, -0.2) is 77.1 Å². The number of aromatic nitrogens is 1. The number of pyridine rings is 1. The summed E-state index contributed by atoms with van der Waals surface area (Å²) in [6, 6.07) is 21.1. The number of benzene rings is 2. The number of carbonyl (C=O) groups is 2. The standard InChI is InChI=1S/C29H28N4O5/c34-26(35)19-22(29(36)37)23-11-12-24-28(31-23)33(14-6-13-32-15-17-38-18-16-32)25-10-5-4-9-21(25)27(30-24)20-7-2-1-3-8-20/h1-5,7-12,19H,6,13-18H2,(H,34,35)(H,36,37). The summed E-state index contributed by atoms with van der Waals surface area (Å²) in [7, 11) is 0. The smallest absolute Gasteiger partial charge is 0.338 e. The second-order valence-corrected chi connectivity index (χ2v) is 9.04. The molecule has 0 amide bonds. The van der Waals surface area contributed by atoms with Gasteiger partial charge in [-0.15, -0.1) is 0 Å². The van der Waals surface area contributed by atoms with E-state index in [1.807, 2.05) is 54.6 Å². The highest BCUT2D eigenvalue weighted by atomic mass is 16.5. The topological polar surface area (TPSA) is 116 Å². The van der Waals surface area contributed by atoms with Crippen molar-refractivity contribution < 1.29 is 24.5 Å². The lowest BCUT2D eigenvalue weighted by Crippen LogP contribution is -2.38. The van der Waals surface area contributed by atoms with Gasteiger partial charge >= 0.3 is 11.9 Å². The monoisotopic (exact) mass is 512 g/mol. The van der Waals surface area contributed by atoms with Crippen LogP contribution in [0.4, 0.5) is 17.2 Å². The Labute approximate surface area is 220 Å². The summed E-state index contributed by atoms with van der Waals surface area (Å²) in [5.41, 5.74) is 3.82. The lowest BCUT2D eigenvalue weighted by Gasteiger charge is -2.29. The lowest BCUT2D eigenvalue weighted by molar-refractivity contribution is -0.133. The van der Waals surface area contributed by atoms with Crippen LogP contribution in [0.1, 0.15) is 23.2 Å². The summed E-state index contributed by atoms with van der Waals surface area (Å²) < 4.78 is 5.47. The molecule has 5 rings (SSSR count). The molecule has 9 nitrogen and oxygen atoms in total. The third-order valence-corrected chi connectivity index (χ3v) is 6.57. The summed E-state index contributed by atoms with van der Waals surface area (Å²) in [5, 5.41) is 19.0. The van der Waals surface area contributed by atoms with Crippen molar-refractivity contribution >= 4 is 40.4 Å². The van der Waals surface area contributed by atoms with E-state index >= 15 is 0 Å². The van der Waals surface area contributed by atoms with Crippen molar-refractivity contribution in [3.8, 4) is 0 Å². The number of nitrogens with zero attached hydrogens (tertiary/aromatic N) is 4. The number of anilines is 2. The van der Waals surface area contributed by atoms with E-state index in [-0.39, 0.29) is 5.69 Å². The van der Waals surface area contributed by atoms with Crippen LogP contribution in [0.25, 0.3) is 5.57 Å². The molecule has 38 heavy (non-hydrogen) atoms. The first-order chi connectivity index (χ1) is 18.5. The molecular weight excluding hydrogens is 484 g/mol. The first-order valence-electron chi connectivity index (χ1n) is 12.5. The molecule has 3 aromatic rings. The summed E-state index contributed by atoms with van der Waals surface area (Å²) in [5.74, 6) is -2.22. The number of aliphatic carboxylic acids is 2. The second-order valence-electron chi connectivity index (χ2n) is 9.04. The molecule has 0 bridgehead atoms. The van der Waals surface area contributed by atoms with Gasteiger partial charge in [0.2, 0.25) is 0 Å². The van der Waals surface area contributed by atoms with Gasteiger partial charge in [-0.3, -0.25) is 4.90 Å². The summed E-state index contributed by atoms with van der Waals surface area (Å²) in [6.45, 7) is 4.71. The van der Waals surface area contributed by atoms with Gasteiger partial charge in [0.15, 0.2) is 5.82 Å². The number of para-hydroxylation sites is 1. The van der Waals surface area contributed by atoms with Crippen LogP contribution in [-0.2, 0) is 14.3 Å². The molecule has 0 unspecified atom stereocenters. The first-order valence-corrected chi connectivity index (χ1v) is 12.5.